The summed E-state index contributed by atoms with van der Waals surface area (Å²) in [6, 6.07) is 6.92. The van der Waals surface area contributed by atoms with Crippen LogP contribution in [0.1, 0.15) is 0 Å². The van der Waals surface area contributed by atoms with E-state index in [0.29, 0.717) is 10.8 Å². The number of anilines is 2. The molecule has 0 unspecified atom stereocenters. The lowest BCUT2D eigenvalue weighted by Crippen LogP contribution is -2.13. The third-order valence-corrected chi connectivity index (χ3v) is 4.21. The average Bonchev–Trinajstić information content (AvgIpc) is 3.04. The first kappa shape index (κ1) is 17.7. The van der Waals surface area contributed by atoms with Crippen molar-refractivity contribution < 1.29 is 19.5 Å². The molecule has 2 aromatic rings. The van der Waals surface area contributed by atoms with E-state index in [1.54, 1.807) is 29.8 Å². The highest BCUT2D eigenvalue weighted by molar-refractivity contribution is 8.00. The number of carbonyl (C=O) groups is 3. The lowest BCUT2D eigenvalue weighted by atomic mass is 10.3. The summed E-state index contributed by atoms with van der Waals surface area (Å²) < 4.78 is 0. The maximum Gasteiger partial charge on any atom is 0.328 e. The van der Waals surface area contributed by atoms with Gasteiger partial charge in [0.15, 0.2) is 5.13 Å². The molecule has 0 saturated carbocycles. The average molecular weight is 363 g/mol. The van der Waals surface area contributed by atoms with E-state index in [1.165, 1.54) is 23.1 Å². The molecule has 0 spiro atoms. The van der Waals surface area contributed by atoms with Crippen molar-refractivity contribution in [3.63, 3.8) is 0 Å². The zero-order valence-electron chi connectivity index (χ0n) is 12.3. The minimum atomic E-state index is -1.19. The zero-order valence-corrected chi connectivity index (χ0v) is 13.9. The van der Waals surface area contributed by atoms with Crippen molar-refractivity contribution in [1.82, 2.24) is 4.98 Å². The Labute approximate surface area is 145 Å². The van der Waals surface area contributed by atoms with Crippen LogP contribution in [0.2, 0.25) is 0 Å². The predicted octanol–water partition coefficient (Wildman–Crippen LogP) is 2.45. The molecule has 0 aliphatic carbocycles. The number of benzene rings is 1. The first-order valence-corrected chi connectivity index (χ1v) is 8.53. The second-order valence-electron chi connectivity index (χ2n) is 4.36. The van der Waals surface area contributed by atoms with E-state index in [-0.39, 0.29) is 11.7 Å². The monoisotopic (exact) mass is 363 g/mol. The fourth-order valence-corrected chi connectivity index (χ4v) is 2.88. The number of carboxylic acid groups (broad SMARTS) is 1. The molecule has 2 rings (SSSR count). The third kappa shape index (κ3) is 6.23. The van der Waals surface area contributed by atoms with Gasteiger partial charge < -0.3 is 15.7 Å². The molecule has 0 radical (unpaired) electrons. The molecule has 1 aromatic heterocycles. The van der Waals surface area contributed by atoms with Gasteiger partial charge >= 0.3 is 5.97 Å². The summed E-state index contributed by atoms with van der Waals surface area (Å²) in [5.41, 5.74) is 0.514. The molecule has 0 aliphatic rings. The van der Waals surface area contributed by atoms with Crippen molar-refractivity contribution in [3.05, 3.63) is 48.0 Å². The van der Waals surface area contributed by atoms with Crippen molar-refractivity contribution in [1.29, 1.82) is 0 Å². The van der Waals surface area contributed by atoms with E-state index in [9.17, 15) is 14.4 Å². The van der Waals surface area contributed by atoms with Gasteiger partial charge in [0.25, 0.3) is 0 Å². The van der Waals surface area contributed by atoms with E-state index in [2.05, 4.69) is 15.6 Å². The number of thiazole rings is 1. The number of carboxylic acids is 1. The summed E-state index contributed by atoms with van der Waals surface area (Å²) in [6.07, 6.45) is 3.30. The first-order valence-electron chi connectivity index (χ1n) is 6.67. The summed E-state index contributed by atoms with van der Waals surface area (Å²) in [5.74, 6) is -1.70. The molecule has 0 atom stereocenters. The van der Waals surface area contributed by atoms with Gasteiger partial charge in [0.1, 0.15) is 0 Å². The molecule has 24 heavy (non-hydrogen) atoms. The van der Waals surface area contributed by atoms with Gasteiger partial charge in [-0.15, -0.1) is 23.1 Å². The summed E-state index contributed by atoms with van der Waals surface area (Å²) in [7, 11) is 0. The van der Waals surface area contributed by atoms with E-state index in [1.807, 2.05) is 6.07 Å². The number of nitrogens with one attached hydrogen (secondary N) is 2. The number of rotatable bonds is 7. The molecule has 0 bridgehead atoms. The second kappa shape index (κ2) is 8.85. The smallest absolute Gasteiger partial charge is 0.328 e. The van der Waals surface area contributed by atoms with Crippen LogP contribution in [0.25, 0.3) is 0 Å². The Morgan fingerprint density at radius 1 is 1.25 bits per heavy atom. The predicted molar refractivity (Wildman–Crippen MR) is 93.3 cm³/mol. The van der Waals surface area contributed by atoms with Crippen LogP contribution in [0.3, 0.4) is 0 Å². The number of aromatic nitrogens is 1. The Morgan fingerprint density at radius 3 is 2.79 bits per heavy atom. The number of carbonyl (C=O) groups excluding carboxylic acids is 2. The summed E-state index contributed by atoms with van der Waals surface area (Å²) in [6.45, 7) is 0. The Kier molecular flexibility index (Phi) is 6.52. The van der Waals surface area contributed by atoms with Crippen molar-refractivity contribution in [2.75, 3.05) is 16.4 Å². The number of nitrogens with zero attached hydrogens (tertiary/aromatic N) is 1. The van der Waals surface area contributed by atoms with Crippen LogP contribution < -0.4 is 10.6 Å². The highest BCUT2D eigenvalue weighted by atomic mass is 32.2. The van der Waals surface area contributed by atoms with Crippen LogP contribution in [0, 0.1) is 0 Å². The molecule has 1 aromatic carbocycles. The van der Waals surface area contributed by atoms with Gasteiger partial charge in [0.05, 0.1) is 5.75 Å². The van der Waals surface area contributed by atoms with Crippen LogP contribution in [-0.4, -0.2) is 33.6 Å². The Bertz CT molecular complexity index is 760. The van der Waals surface area contributed by atoms with E-state index >= 15 is 0 Å². The normalized spacial score (nSPS) is 10.5. The van der Waals surface area contributed by atoms with Crippen LogP contribution >= 0.6 is 23.1 Å². The Balaban J connectivity index is 1.87. The van der Waals surface area contributed by atoms with Crippen LogP contribution in [0.15, 0.2) is 52.9 Å². The number of thioether (sulfide) groups is 1. The van der Waals surface area contributed by atoms with Crippen LogP contribution in [-0.2, 0) is 14.4 Å². The van der Waals surface area contributed by atoms with Crippen molar-refractivity contribution in [2.24, 2.45) is 0 Å². The standard InChI is InChI=1S/C15H13N3O4S2/c19-12(4-5-14(21)22)17-10-2-1-3-11(8-10)24-9-13(20)18-15-16-6-7-23-15/h1-8H,9H2,(H,17,19)(H,21,22)(H,16,18,20)/b5-4+. The van der Waals surface area contributed by atoms with Crippen molar-refractivity contribution in [3.8, 4) is 0 Å². The van der Waals surface area contributed by atoms with Crippen molar-refractivity contribution >= 4 is 51.7 Å². The first-order chi connectivity index (χ1) is 11.5. The van der Waals surface area contributed by atoms with Crippen LogP contribution in [0.5, 0.6) is 0 Å². The van der Waals surface area contributed by atoms with Gasteiger partial charge in [-0.1, -0.05) is 6.07 Å². The summed E-state index contributed by atoms with van der Waals surface area (Å²) in [4.78, 5) is 38.5. The summed E-state index contributed by atoms with van der Waals surface area (Å²) in [5, 5.41) is 16.0. The third-order valence-electron chi connectivity index (χ3n) is 2.53. The minimum absolute atomic E-state index is 0.172. The van der Waals surface area contributed by atoms with Gasteiger partial charge in [0, 0.05) is 34.3 Å². The lowest BCUT2D eigenvalue weighted by Gasteiger charge is -2.06. The molecular weight excluding hydrogens is 350 g/mol. The second-order valence-corrected chi connectivity index (χ2v) is 6.31. The minimum Gasteiger partial charge on any atom is -0.478 e. The highest BCUT2D eigenvalue weighted by Gasteiger charge is 2.06. The number of amides is 2. The maximum atomic E-state index is 11.8. The number of hydrogen-bond acceptors (Lipinski definition) is 6. The molecule has 124 valence electrons. The lowest BCUT2D eigenvalue weighted by molar-refractivity contribution is -0.131. The highest BCUT2D eigenvalue weighted by Crippen LogP contribution is 2.22. The topological polar surface area (TPSA) is 108 Å². The fourth-order valence-electron chi connectivity index (χ4n) is 1.58. The molecule has 1 heterocycles. The van der Waals surface area contributed by atoms with Crippen LogP contribution in [0.4, 0.5) is 10.8 Å². The molecule has 0 aliphatic heterocycles. The fraction of sp³-hybridized carbons (Fsp3) is 0.0667. The van der Waals surface area contributed by atoms with Gasteiger partial charge in [-0.25, -0.2) is 9.78 Å². The molecular formula is C15H13N3O4S2. The van der Waals surface area contributed by atoms with Gasteiger partial charge in [0.2, 0.25) is 11.8 Å². The maximum absolute atomic E-state index is 11.8. The summed E-state index contributed by atoms with van der Waals surface area (Å²) >= 11 is 2.65. The molecule has 7 nitrogen and oxygen atoms in total. The Hall–Kier alpha value is -2.65. The van der Waals surface area contributed by atoms with Gasteiger partial charge in [-0.05, 0) is 18.2 Å². The SMILES string of the molecule is O=C(O)/C=C/C(=O)Nc1cccc(SCC(=O)Nc2nccs2)c1. The number of hydrogen-bond donors (Lipinski definition) is 3. The Morgan fingerprint density at radius 2 is 2.08 bits per heavy atom. The number of aliphatic carboxylic acids is 1. The molecule has 0 fully saturated rings. The molecule has 9 heteroatoms. The molecule has 3 N–H and O–H groups in total. The molecule has 0 saturated heterocycles. The van der Waals surface area contributed by atoms with Gasteiger partial charge in [-0.2, -0.15) is 0 Å². The zero-order chi connectivity index (χ0) is 17.4. The van der Waals surface area contributed by atoms with E-state index in [4.69, 9.17) is 5.11 Å². The van der Waals surface area contributed by atoms with E-state index < -0.39 is 11.9 Å². The van der Waals surface area contributed by atoms with Crippen molar-refractivity contribution in [2.45, 2.75) is 4.90 Å². The largest absolute Gasteiger partial charge is 0.478 e. The molecule has 2 amide bonds. The van der Waals surface area contributed by atoms with E-state index in [0.717, 1.165) is 17.0 Å². The van der Waals surface area contributed by atoms with Gasteiger partial charge in [-0.3, -0.25) is 9.59 Å². The quantitative estimate of drug-likeness (QED) is 0.515.